The number of rotatable bonds is 1. The Hall–Kier alpha value is -1.38. The number of fused-ring (bicyclic) bond motifs is 1. The van der Waals surface area contributed by atoms with Crippen LogP contribution >= 0.6 is 0 Å². The summed E-state index contributed by atoms with van der Waals surface area (Å²) in [5, 5.41) is 8.86. The Morgan fingerprint density at radius 1 is 1.55 bits per heavy atom. The minimum atomic E-state index is 0.879. The van der Waals surface area contributed by atoms with Gasteiger partial charge in [-0.25, -0.2) is 0 Å². The number of hydrogen-bond donors (Lipinski definition) is 1. The fourth-order valence-corrected chi connectivity index (χ4v) is 1.12. The van der Waals surface area contributed by atoms with Crippen molar-refractivity contribution in [3.05, 3.63) is 24.0 Å². The molecular formula is C8H9N3. The van der Waals surface area contributed by atoms with Gasteiger partial charge < -0.3 is 4.98 Å². The summed E-state index contributed by atoms with van der Waals surface area (Å²) in [6.07, 6.45) is 2.71. The summed E-state index contributed by atoms with van der Waals surface area (Å²) < 4.78 is 0. The Morgan fingerprint density at radius 2 is 2.45 bits per heavy atom. The number of nitrogens with zero attached hydrogens (tertiary/aromatic N) is 2. The molecule has 0 unspecified atom stereocenters. The quantitative estimate of drug-likeness (QED) is 0.664. The first kappa shape index (κ1) is 6.34. The number of H-pyrrole nitrogens is 1. The van der Waals surface area contributed by atoms with E-state index >= 15 is 0 Å². The molecular weight excluding hydrogens is 138 g/mol. The van der Waals surface area contributed by atoms with Crippen LogP contribution in [-0.2, 0) is 6.42 Å². The minimum absolute atomic E-state index is 0.879. The maximum atomic E-state index is 3.94. The molecule has 2 aromatic rings. The molecule has 0 saturated carbocycles. The predicted octanol–water partition coefficient (Wildman–Crippen LogP) is 1.52. The molecule has 0 saturated heterocycles. The van der Waals surface area contributed by atoms with Crippen molar-refractivity contribution >= 4 is 11.0 Å². The Balaban J connectivity index is 2.69. The molecule has 3 heteroatoms. The predicted molar refractivity (Wildman–Crippen MR) is 43.3 cm³/mol. The first-order valence-electron chi connectivity index (χ1n) is 3.69. The van der Waals surface area contributed by atoms with Gasteiger partial charge in [0.25, 0.3) is 0 Å². The third-order valence-corrected chi connectivity index (χ3v) is 1.74. The van der Waals surface area contributed by atoms with Crippen molar-refractivity contribution in [1.29, 1.82) is 0 Å². The largest absolute Gasteiger partial charge is 0.342 e. The molecule has 0 aliphatic heterocycles. The fourth-order valence-electron chi connectivity index (χ4n) is 1.12. The van der Waals surface area contributed by atoms with Gasteiger partial charge in [-0.3, -0.25) is 0 Å². The average Bonchev–Trinajstić information content (AvgIpc) is 2.46. The number of hydrogen-bond acceptors (Lipinski definition) is 2. The lowest BCUT2D eigenvalue weighted by atomic mass is 10.3. The number of nitrogens with one attached hydrogen (secondary N) is 1. The van der Waals surface area contributed by atoms with Crippen LogP contribution in [0.2, 0.25) is 0 Å². The summed E-state index contributed by atoms with van der Waals surface area (Å²) >= 11 is 0. The first-order chi connectivity index (χ1) is 5.40. The number of aryl methyl sites for hydroxylation is 1. The molecule has 0 spiro atoms. The van der Waals surface area contributed by atoms with Gasteiger partial charge >= 0.3 is 0 Å². The zero-order valence-electron chi connectivity index (χ0n) is 6.33. The van der Waals surface area contributed by atoms with Crippen LogP contribution in [-0.4, -0.2) is 15.2 Å². The van der Waals surface area contributed by atoms with Gasteiger partial charge in [-0.05, 0) is 18.6 Å². The zero-order chi connectivity index (χ0) is 7.68. The number of aromatic amines is 1. The van der Waals surface area contributed by atoms with Crippen LogP contribution in [0.3, 0.4) is 0 Å². The highest BCUT2D eigenvalue weighted by atomic mass is 15.1. The zero-order valence-corrected chi connectivity index (χ0v) is 6.33. The van der Waals surface area contributed by atoms with Crippen LogP contribution < -0.4 is 0 Å². The molecule has 0 fully saturated rings. The Kier molecular flexibility index (Phi) is 1.35. The van der Waals surface area contributed by atoms with Gasteiger partial charge in [0.2, 0.25) is 0 Å². The summed E-state index contributed by atoms with van der Waals surface area (Å²) in [6.45, 7) is 2.11. The van der Waals surface area contributed by atoms with Crippen LogP contribution in [0.25, 0.3) is 11.0 Å². The summed E-state index contributed by atoms with van der Waals surface area (Å²) in [7, 11) is 0. The third kappa shape index (κ3) is 0.981. The topological polar surface area (TPSA) is 41.6 Å². The molecule has 2 rings (SSSR count). The van der Waals surface area contributed by atoms with Crippen LogP contribution in [0.5, 0.6) is 0 Å². The minimum Gasteiger partial charge on any atom is -0.342 e. The second kappa shape index (κ2) is 2.34. The van der Waals surface area contributed by atoms with E-state index in [0.29, 0.717) is 0 Å². The third-order valence-electron chi connectivity index (χ3n) is 1.74. The van der Waals surface area contributed by atoms with E-state index in [-0.39, 0.29) is 0 Å². The molecule has 0 bridgehead atoms. The van der Waals surface area contributed by atoms with Crippen molar-refractivity contribution in [3.8, 4) is 0 Å². The highest BCUT2D eigenvalue weighted by Gasteiger charge is 1.97. The van der Waals surface area contributed by atoms with Gasteiger partial charge in [-0.15, -0.1) is 5.10 Å². The van der Waals surface area contributed by atoms with E-state index in [1.807, 2.05) is 6.07 Å². The van der Waals surface area contributed by atoms with Gasteiger partial charge in [0.05, 0.1) is 6.20 Å². The van der Waals surface area contributed by atoms with Gasteiger partial charge in [-0.2, -0.15) is 5.10 Å². The summed E-state index contributed by atoms with van der Waals surface area (Å²) in [5.74, 6) is 0. The van der Waals surface area contributed by atoms with Crippen molar-refractivity contribution < 1.29 is 0 Å². The molecule has 2 aromatic heterocycles. The molecule has 0 atom stereocenters. The Morgan fingerprint density at radius 3 is 3.18 bits per heavy atom. The SMILES string of the molecule is CCc1cc2ccnnc2[nH]1. The second-order valence-electron chi connectivity index (χ2n) is 2.48. The van der Waals surface area contributed by atoms with Gasteiger partial charge in [-0.1, -0.05) is 6.92 Å². The molecule has 11 heavy (non-hydrogen) atoms. The highest BCUT2D eigenvalue weighted by Crippen LogP contribution is 2.10. The molecule has 0 amide bonds. The lowest BCUT2D eigenvalue weighted by Gasteiger charge is -1.83. The summed E-state index contributed by atoms with van der Waals surface area (Å²) in [5.41, 5.74) is 2.09. The van der Waals surface area contributed by atoms with E-state index < -0.39 is 0 Å². The smallest absolute Gasteiger partial charge is 0.160 e. The van der Waals surface area contributed by atoms with Crippen molar-refractivity contribution in [3.63, 3.8) is 0 Å². The van der Waals surface area contributed by atoms with Crippen LogP contribution in [0.4, 0.5) is 0 Å². The van der Waals surface area contributed by atoms with E-state index in [1.54, 1.807) is 6.20 Å². The molecule has 0 aliphatic carbocycles. The van der Waals surface area contributed by atoms with Crippen molar-refractivity contribution in [2.75, 3.05) is 0 Å². The van der Waals surface area contributed by atoms with Crippen molar-refractivity contribution in [1.82, 2.24) is 15.2 Å². The lowest BCUT2D eigenvalue weighted by Crippen LogP contribution is -1.80. The van der Waals surface area contributed by atoms with Crippen LogP contribution in [0, 0.1) is 0 Å². The van der Waals surface area contributed by atoms with E-state index in [9.17, 15) is 0 Å². The molecule has 3 nitrogen and oxygen atoms in total. The first-order valence-corrected chi connectivity index (χ1v) is 3.69. The van der Waals surface area contributed by atoms with Crippen LogP contribution in [0.15, 0.2) is 18.3 Å². The normalized spacial score (nSPS) is 10.6. The van der Waals surface area contributed by atoms with E-state index in [0.717, 1.165) is 17.5 Å². The molecule has 0 radical (unpaired) electrons. The molecule has 1 N–H and O–H groups in total. The van der Waals surface area contributed by atoms with E-state index in [2.05, 4.69) is 28.2 Å². The second-order valence-corrected chi connectivity index (χ2v) is 2.48. The monoisotopic (exact) mass is 147 g/mol. The maximum absolute atomic E-state index is 3.94. The average molecular weight is 147 g/mol. The Labute approximate surface area is 64.5 Å². The lowest BCUT2D eigenvalue weighted by molar-refractivity contribution is 1.03. The maximum Gasteiger partial charge on any atom is 0.160 e. The van der Waals surface area contributed by atoms with Gasteiger partial charge in [0.15, 0.2) is 5.65 Å². The summed E-state index contributed by atoms with van der Waals surface area (Å²) in [6, 6.07) is 4.06. The molecule has 56 valence electrons. The molecule has 0 aliphatic rings. The fraction of sp³-hybridized carbons (Fsp3) is 0.250. The van der Waals surface area contributed by atoms with Gasteiger partial charge in [0.1, 0.15) is 0 Å². The molecule has 2 heterocycles. The van der Waals surface area contributed by atoms with E-state index in [4.69, 9.17) is 0 Å². The van der Waals surface area contributed by atoms with Gasteiger partial charge in [0, 0.05) is 11.1 Å². The van der Waals surface area contributed by atoms with Crippen molar-refractivity contribution in [2.45, 2.75) is 13.3 Å². The van der Waals surface area contributed by atoms with Crippen molar-refractivity contribution in [2.24, 2.45) is 0 Å². The molecule has 0 aromatic carbocycles. The highest BCUT2D eigenvalue weighted by molar-refractivity contribution is 5.75. The van der Waals surface area contributed by atoms with Crippen LogP contribution in [0.1, 0.15) is 12.6 Å². The van der Waals surface area contributed by atoms with E-state index in [1.165, 1.54) is 5.69 Å². The summed E-state index contributed by atoms with van der Waals surface area (Å²) in [4.78, 5) is 3.17. The Bertz CT molecular complexity index is 331. The number of aromatic nitrogens is 3. The standard InChI is InChI=1S/C8H9N3/c1-2-7-5-6-3-4-9-11-8(6)10-7/h3-5H,2H2,1H3,(H,10,11).